The van der Waals surface area contributed by atoms with E-state index in [1.54, 1.807) is 30.1 Å². The number of aromatic nitrogens is 2. The lowest BCUT2D eigenvalue weighted by molar-refractivity contribution is -0.146. The molecule has 1 aromatic rings. The maximum atomic E-state index is 11.9. The molecule has 0 saturated carbocycles. The number of hydrogen-bond donors (Lipinski definition) is 2. The van der Waals surface area contributed by atoms with Crippen LogP contribution in [-0.4, -0.2) is 55.5 Å². The van der Waals surface area contributed by atoms with Crippen LogP contribution in [0, 0.1) is 0 Å². The van der Waals surface area contributed by atoms with E-state index < -0.39 is 24.0 Å². The van der Waals surface area contributed by atoms with Gasteiger partial charge in [-0.15, -0.1) is 0 Å². The second-order valence-corrected chi connectivity index (χ2v) is 4.45. The molecular formula is C12H15N3O4. The Morgan fingerprint density at radius 1 is 1.53 bits per heavy atom. The molecule has 0 spiro atoms. The highest BCUT2D eigenvalue weighted by molar-refractivity contribution is 5.94. The summed E-state index contributed by atoms with van der Waals surface area (Å²) in [4.78, 5) is 24.1. The van der Waals surface area contributed by atoms with E-state index in [9.17, 15) is 14.7 Å². The molecule has 1 amide bonds. The van der Waals surface area contributed by atoms with Crippen LogP contribution in [0.15, 0.2) is 18.3 Å². The number of aryl methyl sites for hydroxylation is 1. The highest BCUT2D eigenvalue weighted by atomic mass is 16.4. The minimum absolute atomic E-state index is 0.0471. The highest BCUT2D eigenvalue weighted by Crippen LogP contribution is 2.18. The molecule has 0 radical (unpaired) electrons. The van der Waals surface area contributed by atoms with Crippen molar-refractivity contribution >= 4 is 18.0 Å². The smallest absolute Gasteiger partial charge is 0.326 e. The number of aliphatic hydroxyl groups excluding tert-OH is 1. The van der Waals surface area contributed by atoms with Crippen LogP contribution in [0.4, 0.5) is 0 Å². The molecule has 102 valence electrons. The van der Waals surface area contributed by atoms with Crippen molar-refractivity contribution in [2.24, 2.45) is 7.05 Å². The zero-order chi connectivity index (χ0) is 14.0. The highest BCUT2D eigenvalue weighted by Gasteiger charge is 2.37. The van der Waals surface area contributed by atoms with Crippen LogP contribution in [0.25, 0.3) is 6.08 Å². The predicted octanol–water partition coefficient (Wildman–Crippen LogP) is -0.520. The summed E-state index contributed by atoms with van der Waals surface area (Å²) in [5.41, 5.74) is 0.736. The summed E-state index contributed by atoms with van der Waals surface area (Å²) in [7, 11) is 1.74. The number of rotatable bonds is 3. The summed E-state index contributed by atoms with van der Waals surface area (Å²) in [5, 5.41) is 22.4. The first kappa shape index (κ1) is 13.3. The van der Waals surface area contributed by atoms with Crippen LogP contribution in [0.2, 0.25) is 0 Å². The minimum Gasteiger partial charge on any atom is -0.480 e. The minimum atomic E-state index is -1.10. The lowest BCUT2D eigenvalue weighted by atomic mass is 10.2. The van der Waals surface area contributed by atoms with Gasteiger partial charge in [0.15, 0.2) is 0 Å². The number of carboxylic acids is 1. The lowest BCUT2D eigenvalue weighted by Crippen LogP contribution is -2.39. The van der Waals surface area contributed by atoms with E-state index in [2.05, 4.69) is 5.10 Å². The number of amides is 1. The van der Waals surface area contributed by atoms with Gasteiger partial charge in [0.05, 0.1) is 11.8 Å². The van der Waals surface area contributed by atoms with Gasteiger partial charge in [0.25, 0.3) is 0 Å². The van der Waals surface area contributed by atoms with Crippen LogP contribution < -0.4 is 0 Å². The van der Waals surface area contributed by atoms with Crippen molar-refractivity contribution in [3.63, 3.8) is 0 Å². The van der Waals surface area contributed by atoms with Gasteiger partial charge in [-0.3, -0.25) is 9.48 Å². The van der Waals surface area contributed by atoms with Crippen LogP contribution in [0.3, 0.4) is 0 Å². The standard InChI is InChI=1S/C12H15N3O4/c1-14-8(4-5-13-14)2-3-11(17)15-7-9(16)6-10(15)12(18)19/h2-5,9-10,16H,6-7H2,1H3,(H,18,19)/t9-,10-/m1/s1. The molecule has 1 aliphatic heterocycles. The molecule has 2 N–H and O–H groups in total. The first-order valence-electron chi connectivity index (χ1n) is 5.86. The molecular weight excluding hydrogens is 250 g/mol. The van der Waals surface area contributed by atoms with E-state index in [-0.39, 0.29) is 13.0 Å². The van der Waals surface area contributed by atoms with Gasteiger partial charge in [-0.2, -0.15) is 5.10 Å². The quantitative estimate of drug-likeness (QED) is 0.717. The second-order valence-electron chi connectivity index (χ2n) is 4.45. The van der Waals surface area contributed by atoms with Gasteiger partial charge in [-0.05, 0) is 12.1 Å². The molecule has 7 heteroatoms. The van der Waals surface area contributed by atoms with E-state index >= 15 is 0 Å². The fraction of sp³-hybridized carbons (Fsp3) is 0.417. The van der Waals surface area contributed by atoms with Gasteiger partial charge < -0.3 is 15.1 Å². The van der Waals surface area contributed by atoms with Crippen molar-refractivity contribution in [2.45, 2.75) is 18.6 Å². The average Bonchev–Trinajstić information content (AvgIpc) is 2.92. The lowest BCUT2D eigenvalue weighted by Gasteiger charge is -2.19. The van der Waals surface area contributed by atoms with Gasteiger partial charge in [0.2, 0.25) is 5.91 Å². The third-order valence-electron chi connectivity index (χ3n) is 3.10. The number of hydrogen-bond acceptors (Lipinski definition) is 4. The number of aliphatic hydroxyl groups is 1. The SMILES string of the molecule is Cn1nccc1C=CC(=O)N1C[C@H](O)C[C@@H]1C(=O)O. The van der Waals surface area contributed by atoms with Crippen molar-refractivity contribution in [2.75, 3.05) is 6.54 Å². The van der Waals surface area contributed by atoms with Crippen LogP contribution >= 0.6 is 0 Å². The number of likely N-dealkylation sites (tertiary alicyclic amines) is 1. The molecule has 0 bridgehead atoms. The Balaban J connectivity index is 2.09. The molecule has 19 heavy (non-hydrogen) atoms. The third-order valence-corrected chi connectivity index (χ3v) is 3.10. The summed E-state index contributed by atoms with van der Waals surface area (Å²) < 4.78 is 1.59. The second kappa shape index (κ2) is 5.23. The number of aliphatic carboxylic acids is 1. The van der Waals surface area contributed by atoms with E-state index in [0.29, 0.717) is 0 Å². The molecule has 0 aliphatic carbocycles. The first-order valence-corrected chi connectivity index (χ1v) is 5.86. The Kier molecular flexibility index (Phi) is 3.66. The Morgan fingerprint density at radius 2 is 2.26 bits per heavy atom. The Morgan fingerprint density at radius 3 is 2.84 bits per heavy atom. The summed E-state index contributed by atoms with van der Waals surface area (Å²) in [6.07, 6.45) is 3.75. The predicted molar refractivity (Wildman–Crippen MR) is 66.0 cm³/mol. The molecule has 1 aliphatic rings. The molecule has 1 saturated heterocycles. The molecule has 2 heterocycles. The number of carboxylic acid groups (broad SMARTS) is 1. The van der Waals surface area contributed by atoms with E-state index in [1.165, 1.54) is 11.0 Å². The fourth-order valence-electron chi connectivity index (χ4n) is 2.09. The molecule has 1 aromatic heterocycles. The van der Waals surface area contributed by atoms with Gasteiger partial charge in [-0.1, -0.05) is 0 Å². The van der Waals surface area contributed by atoms with Crippen LogP contribution in [-0.2, 0) is 16.6 Å². The van der Waals surface area contributed by atoms with Crippen molar-refractivity contribution in [3.05, 3.63) is 24.0 Å². The van der Waals surface area contributed by atoms with Gasteiger partial charge in [0.1, 0.15) is 6.04 Å². The van der Waals surface area contributed by atoms with E-state index in [0.717, 1.165) is 5.69 Å². The van der Waals surface area contributed by atoms with Crippen LogP contribution in [0.1, 0.15) is 12.1 Å². The van der Waals surface area contributed by atoms with Gasteiger partial charge >= 0.3 is 5.97 Å². The molecule has 0 aromatic carbocycles. The van der Waals surface area contributed by atoms with E-state index in [4.69, 9.17) is 5.11 Å². The van der Waals surface area contributed by atoms with Crippen molar-refractivity contribution < 1.29 is 19.8 Å². The summed E-state index contributed by atoms with van der Waals surface area (Å²) >= 11 is 0. The molecule has 0 unspecified atom stereocenters. The number of carbonyl (C=O) groups is 2. The Hall–Kier alpha value is -2.15. The topological polar surface area (TPSA) is 95.7 Å². The molecule has 1 fully saturated rings. The summed E-state index contributed by atoms with van der Waals surface area (Å²) in [6.45, 7) is 0.0471. The molecule has 7 nitrogen and oxygen atoms in total. The Labute approximate surface area is 109 Å². The third kappa shape index (κ3) is 2.82. The molecule has 2 rings (SSSR count). The van der Waals surface area contributed by atoms with Gasteiger partial charge in [0, 0.05) is 32.3 Å². The van der Waals surface area contributed by atoms with Crippen molar-refractivity contribution in [1.29, 1.82) is 0 Å². The zero-order valence-corrected chi connectivity index (χ0v) is 10.4. The monoisotopic (exact) mass is 265 g/mol. The number of carbonyl (C=O) groups excluding carboxylic acids is 1. The fourth-order valence-corrected chi connectivity index (χ4v) is 2.09. The molecule has 2 atom stereocenters. The normalized spacial score (nSPS) is 23.2. The van der Waals surface area contributed by atoms with E-state index in [1.807, 2.05) is 0 Å². The van der Waals surface area contributed by atoms with Gasteiger partial charge in [-0.25, -0.2) is 4.79 Å². The summed E-state index contributed by atoms with van der Waals surface area (Å²) in [6, 6.07) is 0.774. The van der Waals surface area contributed by atoms with Crippen molar-refractivity contribution in [3.8, 4) is 0 Å². The first-order chi connectivity index (χ1) is 8.99. The maximum absolute atomic E-state index is 11.9. The summed E-state index contributed by atoms with van der Waals surface area (Å²) in [5.74, 6) is -1.52. The largest absolute Gasteiger partial charge is 0.480 e. The zero-order valence-electron chi connectivity index (χ0n) is 10.4. The maximum Gasteiger partial charge on any atom is 0.326 e. The average molecular weight is 265 g/mol. The Bertz CT molecular complexity index is 523. The van der Waals surface area contributed by atoms with Crippen molar-refractivity contribution in [1.82, 2.24) is 14.7 Å². The number of nitrogens with zero attached hydrogens (tertiary/aromatic N) is 3. The number of β-amino-alcohol motifs (C(OH)–C–C–N with tert-alkyl or cyclic N) is 1. The van der Waals surface area contributed by atoms with Crippen LogP contribution in [0.5, 0.6) is 0 Å².